The van der Waals surface area contributed by atoms with E-state index in [4.69, 9.17) is 4.74 Å². The molecular weight excluding hydrogens is 328 g/mol. The van der Waals surface area contributed by atoms with Gasteiger partial charge in [-0.15, -0.1) is 0 Å². The molecule has 1 N–H and O–H groups in total. The molecule has 0 aromatic heterocycles. The number of benzene rings is 1. The number of rotatable bonds is 5. The molecule has 1 fully saturated rings. The summed E-state index contributed by atoms with van der Waals surface area (Å²) < 4.78 is 5.17. The topological polar surface area (TPSA) is 104 Å². The Morgan fingerprint density at radius 2 is 1.64 bits per heavy atom. The van der Waals surface area contributed by atoms with Gasteiger partial charge < -0.3 is 14.7 Å². The van der Waals surface area contributed by atoms with Gasteiger partial charge in [-0.1, -0.05) is 12.1 Å². The predicted octanol–water partition coefficient (Wildman–Crippen LogP) is 0.375. The van der Waals surface area contributed by atoms with Crippen molar-refractivity contribution in [2.75, 3.05) is 26.3 Å². The second-order valence-corrected chi connectivity index (χ2v) is 5.91. The first-order valence-electron chi connectivity index (χ1n) is 8.06. The summed E-state index contributed by atoms with van der Waals surface area (Å²) >= 11 is 0. The van der Waals surface area contributed by atoms with Gasteiger partial charge in [0.25, 0.3) is 11.8 Å². The minimum absolute atomic E-state index is 0.0512. The number of ether oxygens (including phenoxy) is 1. The highest BCUT2D eigenvalue weighted by Gasteiger charge is 2.42. The third-order valence-electron chi connectivity index (χ3n) is 4.42. The Labute approximate surface area is 144 Å². The number of hydrogen-bond donors (Lipinski definition) is 1. The normalized spacial score (nSPS) is 18.2. The van der Waals surface area contributed by atoms with E-state index in [0.717, 1.165) is 4.90 Å². The monoisotopic (exact) mass is 346 g/mol. The van der Waals surface area contributed by atoms with Crippen molar-refractivity contribution in [3.05, 3.63) is 35.4 Å². The predicted molar refractivity (Wildman–Crippen MR) is 85.0 cm³/mol. The van der Waals surface area contributed by atoms with Crippen molar-refractivity contribution < 1.29 is 29.0 Å². The summed E-state index contributed by atoms with van der Waals surface area (Å²) in [6, 6.07) is 4.86. The van der Waals surface area contributed by atoms with Crippen LogP contribution in [0.4, 0.5) is 0 Å². The number of morpholine rings is 1. The summed E-state index contributed by atoms with van der Waals surface area (Å²) in [5.74, 6) is -2.77. The number of hydrogen-bond acceptors (Lipinski definition) is 5. The second kappa shape index (κ2) is 7.02. The van der Waals surface area contributed by atoms with Crippen LogP contribution in [0.15, 0.2) is 24.3 Å². The van der Waals surface area contributed by atoms with Crippen molar-refractivity contribution >= 4 is 23.7 Å². The summed E-state index contributed by atoms with van der Waals surface area (Å²) in [5, 5.41) is 9.48. The van der Waals surface area contributed by atoms with Crippen LogP contribution in [0.1, 0.15) is 33.6 Å². The molecule has 2 aliphatic rings. The van der Waals surface area contributed by atoms with Crippen LogP contribution in [0.2, 0.25) is 0 Å². The van der Waals surface area contributed by atoms with Crippen molar-refractivity contribution in [1.29, 1.82) is 0 Å². The molecule has 132 valence electrons. The summed E-state index contributed by atoms with van der Waals surface area (Å²) in [5.41, 5.74) is 0.386. The van der Waals surface area contributed by atoms with Gasteiger partial charge in [-0.05, 0) is 18.6 Å². The van der Waals surface area contributed by atoms with Gasteiger partial charge in [0, 0.05) is 19.5 Å². The van der Waals surface area contributed by atoms with Crippen molar-refractivity contribution in [1.82, 2.24) is 9.80 Å². The Bertz CT molecular complexity index is 691. The average Bonchev–Trinajstić information content (AvgIpc) is 2.88. The zero-order valence-corrected chi connectivity index (χ0v) is 13.5. The Hall–Kier alpha value is -2.74. The van der Waals surface area contributed by atoms with Crippen LogP contribution in [-0.4, -0.2) is 70.9 Å². The molecule has 3 amide bonds. The number of aliphatic carboxylic acids is 1. The molecule has 0 saturated carbocycles. The lowest BCUT2D eigenvalue weighted by molar-refractivity contribution is -0.142. The van der Waals surface area contributed by atoms with Crippen LogP contribution in [0, 0.1) is 0 Å². The Kier molecular flexibility index (Phi) is 4.80. The Morgan fingerprint density at radius 1 is 1.08 bits per heavy atom. The summed E-state index contributed by atoms with van der Waals surface area (Å²) in [7, 11) is 0. The molecule has 0 spiro atoms. The number of amides is 3. The van der Waals surface area contributed by atoms with Crippen LogP contribution >= 0.6 is 0 Å². The minimum atomic E-state index is -1.36. The zero-order valence-electron chi connectivity index (χ0n) is 13.5. The number of fused-ring (bicyclic) bond motifs is 1. The van der Waals surface area contributed by atoms with E-state index in [2.05, 4.69) is 0 Å². The molecule has 1 unspecified atom stereocenters. The standard InChI is InChI=1S/C17H18N2O6/c20-14(18-7-9-25-10-8-18)6-5-13(17(23)24)19-15(21)11-3-1-2-4-12(11)16(19)22/h1-4,13H,5-10H2,(H,23,24). The van der Waals surface area contributed by atoms with Crippen molar-refractivity contribution in [2.24, 2.45) is 0 Å². The average molecular weight is 346 g/mol. The number of imide groups is 1. The van der Waals surface area contributed by atoms with Crippen LogP contribution in [0.3, 0.4) is 0 Å². The number of carbonyl (C=O) groups is 4. The quantitative estimate of drug-likeness (QED) is 0.773. The highest BCUT2D eigenvalue weighted by molar-refractivity contribution is 6.22. The summed E-state index contributed by atoms with van der Waals surface area (Å²) in [6.45, 7) is 1.83. The number of carboxylic acid groups (broad SMARTS) is 1. The van der Waals surface area contributed by atoms with Gasteiger partial charge in [0.1, 0.15) is 6.04 Å². The van der Waals surface area contributed by atoms with Crippen molar-refractivity contribution in [2.45, 2.75) is 18.9 Å². The molecule has 1 saturated heterocycles. The van der Waals surface area contributed by atoms with E-state index in [1.807, 2.05) is 0 Å². The minimum Gasteiger partial charge on any atom is -0.480 e. The molecule has 1 aromatic carbocycles. The van der Waals surface area contributed by atoms with Gasteiger partial charge in [-0.2, -0.15) is 0 Å². The Morgan fingerprint density at radius 3 is 2.16 bits per heavy atom. The highest BCUT2D eigenvalue weighted by atomic mass is 16.5. The fraction of sp³-hybridized carbons (Fsp3) is 0.412. The van der Waals surface area contributed by atoms with Gasteiger partial charge in [0.15, 0.2) is 0 Å². The first-order chi connectivity index (χ1) is 12.0. The molecule has 2 aliphatic heterocycles. The molecule has 8 heteroatoms. The fourth-order valence-corrected chi connectivity index (χ4v) is 3.09. The number of carbonyl (C=O) groups excluding carboxylic acids is 3. The lowest BCUT2D eigenvalue weighted by atomic mass is 10.1. The largest absolute Gasteiger partial charge is 0.480 e. The van der Waals surface area contributed by atoms with E-state index in [1.165, 1.54) is 12.1 Å². The molecule has 1 atom stereocenters. The molecule has 0 aliphatic carbocycles. The molecule has 0 radical (unpaired) electrons. The molecule has 3 rings (SSSR count). The molecule has 2 heterocycles. The second-order valence-electron chi connectivity index (χ2n) is 5.91. The van der Waals surface area contributed by atoms with Crippen LogP contribution < -0.4 is 0 Å². The van der Waals surface area contributed by atoms with E-state index < -0.39 is 23.8 Å². The van der Waals surface area contributed by atoms with E-state index in [9.17, 15) is 24.3 Å². The molecule has 1 aromatic rings. The fourth-order valence-electron chi connectivity index (χ4n) is 3.09. The van der Waals surface area contributed by atoms with Gasteiger partial charge in [-0.3, -0.25) is 19.3 Å². The van der Waals surface area contributed by atoms with Crippen LogP contribution in [-0.2, 0) is 14.3 Å². The van der Waals surface area contributed by atoms with Gasteiger partial charge in [0.05, 0.1) is 24.3 Å². The number of carboxylic acids is 1. The van der Waals surface area contributed by atoms with Gasteiger partial charge in [0.2, 0.25) is 5.91 Å². The molecule has 8 nitrogen and oxygen atoms in total. The maximum absolute atomic E-state index is 12.4. The van der Waals surface area contributed by atoms with Gasteiger partial charge in [-0.25, -0.2) is 4.79 Å². The van der Waals surface area contributed by atoms with E-state index in [1.54, 1.807) is 17.0 Å². The summed E-state index contributed by atoms with van der Waals surface area (Å²) in [4.78, 5) is 51.0. The molecular formula is C17H18N2O6. The van der Waals surface area contributed by atoms with Crippen molar-refractivity contribution in [3.63, 3.8) is 0 Å². The SMILES string of the molecule is O=C(O)C(CCC(=O)N1CCOCC1)N1C(=O)c2ccccc2C1=O. The third-order valence-corrected chi connectivity index (χ3v) is 4.42. The maximum atomic E-state index is 12.4. The smallest absolute Gasteiger partial charge is 0.326 e. The van der Waals surface area contributed by atoms with Gasteiger partial charge >= 0.3 is 5.97 Å². The third kappa shape index (κ3) is 3.25. The molecule has 25 heavy (non-hydrogen) atoms. The van der Waals surface area contributed by atoms with Crippen LogP contribution in [0.25, 0.3) is 0 Å². The summed E-state index contributed by atoms with van der Waals surface area (Å²) in [6.07, 6.45) is -0.165. The number of nitrogens with zero attached hydrogens (tertiary/aromatic N) is 2. The van der Waals surface area contributed by atoms with E-state index >= 15 is 0 Å². The van der Waals surface area contributed by atoms with E-state index in [0.29, 0.717) is 26.3 Å². The Balaban J connectivity index is 1.72. The van der Waals surface area contributed by atoms with E-state index in [-0.39, 0.29) is 29.9 Å². The highest BCUT2D eigenvalue weighted by Crippen LogP contribution is 2.26. The lowest BCUT2D eigenvalue weighted by Crippen LogP contribution is -2.46. The lowest BCUT2D eigenvalue weighted by Gasteiger charge is -2.28. The van der Waals surface area contributed by atoms with Crippen LogP contribution in [0.5, 0.6) is 0 Å². The zero-order chi connectivity index (χ0) is 18.0. The van der Waals surface area contributed by atoms with Crippen molar-refractivity contribution in [3.8, 4) is 0 Å². The molecule has 0 bridgehead atoms. The first kappa shape index (κ1) is 17.1. The maximum Gasteiger partial charge on any atom is 0.326 e. The first-order valence-corrected chi connectivity index (χ1v) is 8.06.